The van der Waals surface area contributed by atoms with Crippen molar-refractivity contribution < 1.29 is 9.53 Å². The fourth-order valence-corrected chi connectivity index (χ4v) is 1.27. The highest BCUT2D eigenvalue weighted by molar-refractivity contribution is 6.29. The minimum absolute atomic E-state index is 0.0481. The van der Waals surface area contributed by atoms with Gasteiger partial charge in [0.2, 0.25) is 5.91 Å². The molecule has 1 N–H and O–H groups in total. The van der Waals surface area contributed by atoms with Crippen LogP contribution in [-0.4, -0.2) is 48.5 Å². The summed E-state index contributed by atoms with van der Waals surface area (Å²) in [5, 5.41) is 3.19. The van der Waals surface area contributed by atoms with Crippen LogP contribution in [0.2, 0.25) is 5.15 Å². The van der Waals surface area contributed by atoms with Crippen LogP contribution in [0.15, 0.2) is 6.07 Å². The third-order valence-corrected chi connectivity index (χ3v) is 2.13. The monoisotopic (exact) mass is 258 g/mol. The van der Waals surface area contributed by atoms with Crippen LogP contribution in [0.25, 0.3) is 0 Å². The largest absolute Gasteiger partial charge is 0.377 e. The molecule has 0 atom stereocenters. The molecule has 0 fully saturated rings. The van der Waals surface area contributed by atoms with Gasteiger partial charge < -0.3 is 15.0 Å². The van der Waals surface area contributed by atoms with Gasteiger partial charge in [-0.15, -0.1) is 0 Å². The molecule has 1 heterocycles. The normalized spacial score (nSPS) is 10.1. The maximum Gasteiger partial charge on any atom is 0.241 e. The first kappa shape index (κ1) is 13.7. The summed E-state index contributed by atoms with van der Waals surface area (Å²) in [6, 6.07) is 1.56. The van der Waals surface area contributed by atoms with Crippen molar-refractivity contribution in [2.24, 2.45) is 0 Å². The lowest BCUT2D eigenvalue weighted by Gasteiger charge is -2.11. The molecule has 0 aliphatic carbocycles. The van der Waals surface area contributed by atoms with Crippen molar-refractivity contribution in [3.8, 4) is 0 Å². The fourth-order valence-electron chi connectivity index (χ4n) is 1.07. The summed E-state index contributed by atoms with van der Waals surface area (Å²) in [5.41, 5.74) is 0. The highest BCUT2D eigenvalue weighted by Crippen LogP contribution is 2.11. The van der Waals surface area contributed by atoms with Crippen LogP contribution in [0, 0.1) is 0 Å². The van der Waals surface area contributed by atoms with Crippen molar-refractivity contribution in [1.29, 1.82) is 0 Å². The van der Waals surface area contributed by atoms with Gasteiger partial charge in [-0.2, -0.15) is 0 Å². The number of halogens is 1. The van der Waals surface area contributed by atoms with Gasteiger partial charge in [0.1, 0.15) is 17.6 Å². The second-order valence-electron chi connectivity index (χ2n) is 3.57. The molecule has 7 heteroatoms. The van der Waals surface area contributed by atoms with Gasteiger partial charge in [-0.1, -0.05) is 11.6 Å². The third kappa shape index (κ3) is 4.54. The number of hydrogen-bond donors (Lipinski definition) is 1. The standard InChI is InChI=1S/C10H15ClN4O2/c1-15(2)10(16)5-12-8-4-7(11)13-9(14-8)6-17-3/h4H,5-6H2,1-3H3,(H,12,13,14). The molecular formula is C10H15ClN4O2. The zero-order valence-corrected chi connectivity index (χ0v) is 10.8. The number of methoxy groups -OCH3 is 1. The lowest BCUT2D eigenvalue weighted by molar-refractivity contribution is -0.126. The van der Waals surface area contributed by atoms with Crippen LogP contribution in [0.5, 0.6) is 0 Å². The number of likely N-dealkylation sites (N-methyl/N-ethyl adjacent to an activating group) is 1. The van der Waals surface area contributed by atoms with Crippen LogP contribution in [0.4, 0.5) is 5.82 Å². The molecule has 94 valence electrons. The molecular weight excluding hydrogens is 244 g/mol. The Bertz CT molecular complexity index is 398. The molecule has 1 aromatic heterocycles. The summed E-state index contributed by atoms with van der Waals surface area (Å²) in [6.45, 7) is 0.434. The first-order chi connectivity index (χ1) is 8.02. The summed E-state index contributed by atoms with van der Waals surface area (Å²) in [4.78, 5) is 21.0. The van der Waals surface area contributed by atoms with E-state index in [4.69, 9.17) is 16.3 Å². The quantitative estimate of drug-likeness (QED) is 0.791. The summed E-state index contributed by atoms with van der Waals surface area (Å²) < 4.78 is 4.92. The molecule has 17 heavy (non-hydrogen) atoms. The molecule has 0 aliphatic rings. The molecule has 0 spiro atoms. The third-order valence-electron chi connectivity index (χ3n) is 1.93. The number of hydrogen-bond acceptors (Lipinski definition) is 5. The number of nitrogens with one attached hydrogen (secondary N) is 1. The minimum Gasteiger partial charge on any atom is -0.377 e. The van der Waals surface area contributed by atoms with E-state index in [0.29, 0.717) is 16.8 Å². The van der Waals surface area contributed by atoms with Gasteiger partial charge in [0.05, 0.1) is 6.54 Å². The zero-order valence-electron chi connectivity index (χ0n) is 10.0. The van der Waals surface area contributed by atoms with Crippen LogP contribution in [-0.2, 0) is 16.1 Å². The molecule has 6 nitrogen and oxygen atoms in total. The molecule has 0 saturated carbocycles. The number of nitrogens with zero attached hydrogens (tertiary/aromatic N) is 3. The van der Waals surface area contributed by atoms with E-state index in [0.717, 1.165) is 0 Å². The van der Waals surface area contributed by atoms with E-state index in [1.54, 1.807) is 27.3 Å². The van der Waals surface area contributed by atoms with E-state index in [1.807, 2.05) is 0 Å². The first-order valence-corrected chi connectivity index (χ1v) is 5.37. The predicted octanol–water partition coefficient (Wildman–Crippen LogP) is 0.776. The second-order valence-corrected chi connectivity index (χ2v) is 3.95. The Hall–Kier alpha value is -1.40. The number of carbonyl (C=O) groups is 1. The Balaban J connectivity index is 2.67. The number of anilines is 1. The molecule has 0 radical (unpaired) electrons. The van der Waals surface area contributed by atoms with Gasteiger partial charge in [0, 0.05) is 27.3 Å². The second kappa shape index (κ2) is 6.36. The minimum atomic E-state index is -0.0481. The van der Waals surface area contributed by atoms with E-state index in [2.05, 4.69) is 15.3 Å². The Morgan fingerprint density at radius 1 is 1.53 bits per heavy atom. The highest BCUT2D eigenvalue weighted by atomic mass is 35.5. The predicted molar refractivity (Wildman–Crippen MR) is 64.9 cm³/mol. The van der Waals surface area contributed by atoms with Crippen molar-refractivity contribution >= 4 is 23.3 Å². The topological polar surface area (TPSA) is 67.3 Å². The lowest BCUT2D eigenvalue weighted by atomic mass is 10.5. The lowest BCUT2D eigenvalue weighted by Crippen LogP contribution is -2.28. The van der Waals surface area contributed by atoms with E-state index in [1.165, 1.54) is 4.90 Å². The number of aromatic nitrogens is 2. The summed E-state index contributed by atoms with van der Waals surface area (Å²) in [7, 11) is 4.92. The highest BCUT2D eigenvalue weighted by Gasteiger charge is 2.06. The summed E-state index contributed by atoms with van der Waals surface area (Å²) in [5.74, 6) is 0.931. The molecule has 0 aliphatic heterocycles. The number of ether oxygens (including phenoxy) is 1. The Labute approximate surface area is 105 Å². The Morgan fingerprint density at radius 2 is 2.24 bits per heavy atom. The van der Waals surface area contributed by atoms with Gasteiger partial charge in [0.15, 0.2) is 5.82 Å². The number of rotatable bonds is 5. The fraction of sp³-hybridized carbons (Fsp3) is 0.500. The average molecular weight is 259 g/mol. The van der Waals surface area contributed by atoms with E-state index in [-0.39, 0.29) is 19.1 Å². The molecule has 0 bridgehead atoms. The van der Waals surface area contributed by atoms with E-state index in [9.17, 15) is 4.79 Å². The van der Waals surface area contributed by atoms with Crippen LogP contribution in [0.1, 0.15) is 5.82 Å². The molecule has 0 unspecified atom stereocenters. The Kier molecular flexibility index (Phi) is 5.11. The average Bonchev–Trinajstić information content (AvgIpc) is 2.25. The smallest absolute Gasteiger partial charge is 0.241 e. The van der Waals surface area contributed by atoms with Crippen LogP contribution >= 0.6 is 11.6 Å². The van der Waals surface area contributed by atoms with Gasteiger partial charge in [-0.05, 0) is 0 Å². The van der Waals surface area contributed by atoms with Crippen molar-refractivity contribution in [2.75, 3.05) is 33.1 Å². The molecule has 1 rings (SSSR count). The molecule has 1 aromatic rings. The SMILES string of the molecule is COCc1nc(Cl)cc(NCC(=O)N(C)C)n1. The zero-order chi connectivity index (χ0) is 12.8. The van der Waals surface area contributed by atoms with Gasteiger partial charge in [-0.3, -0.25) is 4.79 Å². The van der Waals surface area contributed by atoms with Crippen molar-refractivity contribution in [3.63, 3.8) is 0 Å². The summed E-state index contributed by atoms with van der Waals surface area (Å²) in [6.07, 6.45) is 0. The van der Waals surface area contributed by atoms with E-state index >= 15 is 0 Å². The maximum atomic E-state index is 11.4. The molecule has 0 saturated heterocycles. The van der Waals surface area contributed by atoms with Crippen molar-refractivity contribution in [3.05, 3.63) is 17.0 Å². The van der Waals surface area contributed by atoms with Gasteiger partial charge in [-0.25, -0.2) is 9.97 Å². The van der Waals surface area contributed by atoms with Crippen molar-refractivity contribution in [2.45, 2.75) is 6.61 Å². The van der Waals surface area contributed by atoms with E-state index < -0.39 is 0 Å². The van der Waals surface area contributed by atoms with Crippen LogP contribution in [0.3, 0.4) is 0 Å². The maximum absolute atomic E-state index is 11.4. The van der Waals surface area contributed by atoms with Gasteiger partial charge in [0.25, 0.3) is 0 Å². The van der Waals surface area contributed by atoms with Gasteiger partial charge >= 0.3 is 0 Å². The van der Waals surface area contributed by atoms with Crippen molar-refractivity contribution in [1.82, 2.24) is 14.9 Å². The number of carbonyl (C=O) groups excluding carboxylic acids is 1. The molecule has 0 aromatic carbocycles. The molecule has 1 amide bonds. The first-order valence-electron chi connectivity index (χ1n) is 4.99. The number of amides is 1. The summed E-state index contributed by atoms with van der Waals surface area (Å²) >= 11 is 5.82. The van der Waals surface area contributed by atoms with Crippen LogP contribution < -0.4 is 5.32 Å². The Morgan fingerprint density at radius 3 is 2.82 bits per heavy atom.